The Morgan fingerprint density at radius 3 is 2.00 bits per heavy atom. The third kappa shape index (κ3) is 6.36. The Morgan fingerprint density at radius 2 is 1.39 bits per heavy atom. The molecular weight excluding hydrogens is 450 g/mol. The molecule has 3 aromatic rings. The number of allylic oxidation sites excluding steroid dienone is 2. The van der Waals surface area contributed by atoms with Crippen LogP contribution in [0.3, 0.4) is 0 Å². The Bertz CT molecular complexity index is 1260. The highest BCUT2D eigenvalue weighted by Crippen LogP contribution is 2.19. The predicted molar refractivity (Wildman–Crippen MR) is 144 cm³/mol. The van der Waals surface area contributed by atoms with Crippen molar-refractivity contribution >= 4 is 35.0 Å². The minimum absolute atomic E-state index is 0.0337. The number of para-hydroxylation sites is 1. The zero-order chi connectivity index (χ0) is 25.3. The lowest BCUT2D eigenvalue weighted by Gasteiger charge is -2.36. The van der Waals surface area contributed by atoms with Crippen LogP contribution in [-0.2, 0) is 9.59 Å². The van der Waals surface area contributed by atoms with Crippen molar-refractivity contribution in [2.75, 3.05) is 36.4 Å². The summed E-state index contributed by atoms with van der Waals surface area (Å²) in [5.41, 5.74) is 3.39. The fraction of sp³-hybridized carbons (Fsp3) is 0.167. The normalized spacial score (nSPS) is 14.1. The summed E-state index contributed by atoms with van der Waals surface area (Å²) >= 11 is 0. The van der Waals surface area contributed by atoms with Gasteiger partial charge in [0.15, 0.2) is 5.78 Å². The molecule has 1 aliphatic heterocycles. The number of benzene rings is 3. The SMILES string of the molecule is CC(=O)c1ccc(N2CCN(C(=O)/C(=C/C=C/c3ccccc3)C(=O)Nc3ccccc3)CC2)cc1. The molecule has 0 unspecified atom stereocenters. The molecule has 1 aliphatic rings. The molecule has 0 aromatic heterocycles. The Hall–Kier alpha value is -4.45. The quantitative estimate of drug-likeness (QED) is 0.174. The molecule has 0 saturated carbocycles. The van der Waals surface area contributed by atoms with Crippen molar-refractivity contribution in [3.63, 3.8) is 0 Å². The van der Waals surface area contributed by atoms with Gasteiger partial charge in [-0.05, 0) is 55.0 Å². The summed E-state index contributed by atoms with van der Waals surface area (Å²) in [7, 11) is 0. The number of carbonyl (C=O) groups is 3. The highest BCUT2D eigenvalue weighted by atomic mass is 16.2. The number of nitrogens with one attached hydrogen (secondary N) is 1. The molecule has 3 aromatic carbocycles. The smallest absolute Gasteiger partial charge is 0.261 e. The van der Waals surface area contributed by atoms with Crippen molar-refractivity contribution in [1.82, 2.24) is 4.90 Å². The van der Waals surface area contributed by atoms with Gasteiger partial charge in [0.2, 0.25) is 0 Å². The van der Waals surface area contributed by atoms with Gasteiger partial charge in [-0.3, -0.25) is 14.4 Å². The number of anilines is 2. The molecule has 4 rings (SSSR count). The number of rotatable bonds is 7. The number of nitrogens with zero attached hydrogens (tertiary/aromatic N) is 2. The molecule has 1 fully saturated rings. The van der Waals surface area contributed by atoms with Crippen LogP contribution in [0.5, 0.6) is 0 Å². The van der Waals surface area contributed by atoms with Crippen LogP contribution in [0.2, 0.25) is 0 Å². The Morgan fingerprint density at radius 1 is 0.778 bits per heavy atom. The molecule has 1 heterocycles. The molecule has 36 heavy (non-hydrogen) atoms. The monoisotopic (exact) mass is 479 g/mol. The van der Waals surface area contributed by atoms with E-state index in [0.717, 1.165) is 11.3 Å². The van der Waals surface area contributed by atoms with Crippen LogP contribution in [0.4, 0.5) is 11.4 Å². The average Bonchev–Trinajstić information content (AvgIpc) is 2.92. The third-order valence-electron chi connectivity index (χ3n) is 6.06. The minimum atomic E-state index is -0.439. The lowest BCUT2D eigenvalue weighted by Crippen LogP contribution is -2.50. The molecule has 0 bridgehead atoms. The molecule has 0 aliphatic carbocycles. The third-order valence-corrected chi connectivity index (χ3v) is 6.06. The lowest BCUT2D eigenvalue weighted by molar-refractivity contribution is -0.129. The van der Waals surface area contributed by atoms with E-state index in [2.05, 4.69) is 10.2 Å². The average molecular weight is 480 g/mol. The van der Waals surface area contributed by atoms with Gasteiger partial charge in [-0.25, -0.2) is 0 Å². The zero-order valence-corrected chi connectivity index (χ0v) is 20.3. The number of piperazine rings is 1. The Balaban J connectivity index is 1.47. The number of Topliss-reactive ketones (excluding diaryl/α,β-unsaturated/α-hetero) is 1. The maximum Gasteiger partial charge on any atom is 0.261 e. The summed E-state index contributed by atoms with van der Waals surface area (Å²) in [4.78, 5) is 42.0. The van der Waals surface area contributed by atoms with Gasteiger partial charge in [0.05, 0.1) is 0 Å². The molecule has 0 radical (unpaired) electrons. The summed E-state index contributed by atoms with van der Waals surface area (Å²) in [5.74, 6) is -0.703. The van der Waals surface area contributed by atoms with Crippen molar-refractivity contribution < 1.29 is 14.4 Å². The van der Waals surface area contributed by atoms with Crippen LogP contribution in [-0.4, -0.2) is 48.7 Å². The van der Waals surface area contributed by atoms with E-state index in [1.165, 1.54) is 0 Å². The highest BCUT2D eigenvalue weighted by Gasteiger charge is 2.27. The number of hydrogen-bond acceptors (Lipinski definition) is 4. The van der Waals surface area contributed by atoms with Crippen LogP contribution in [0.25, 0.3) is 6.08 Å². The number of amides is 2. The van der Waals surface area contributed by atoms with E-state index in [1.807, 2.05) is 78.9 Å². The fourth-order valence-electron chi connectivity index (χ4n) is 4.03. The summed E-state index contributed by atoms with van der Waals surface area (Å²) in [6, 6.07) is 26.3. The molecule has 0 atom stereocenters. The van der Waals surface area contributed by atoms with Crippen molar-refractivity contribution in [1.29, 1.82) is 0 Å². The van der Waals surface area contributed by atoms with E-state index < -0.39 is 5.91 Å². The maximum atomic E-state index is 13.4. The van der Waals surface area contributed by atoms with Crippen LogP contribution in [0, 0.1) is 0 Å². The molecule has 1 saturated heterocycles. The Kier molecular flexibility index (Phi) is 8.08. The Labute approximate surface area is 211 Å². The van der Waals surface area contributed by atoms with E-state index in [0.29, 0.717) is 37.4 Å². The van der Waals surface area contributed by atoms with Gasteiger partial charge in [0, 0.05) is 43.1 Å². The molecule has 182 valence electrons. The van der Waals surface area contributed by atoms with Crippen molar-refractivity contribution in [3.05, 3.63) is 114 Å². The molecule has 0 spiro atoms. The van der Waals surface area contributed by atoms with Gasteiger partial charge < -0.3 is 15.1 Å². The van der Waals surface area contributed by atoms with Crippen LogP contribution in [0.1, 0.15) is 22.8 Å². The molecular formula is C30H29N3O3. The van der Waals surface area contributed by atoms with Gasteiger partial charge in [-0.15, -0.1) is 0 Å². The second kappa shape index (κ2) is 11.8. The topological polar surface area (TPSA) is 69.7 Å². The van der Waals surface area contributed by atoms with E-state index >= 15 is 0 Å². The first-order valence-electron chi connectivity index (χ1n) is 12.0. The van der Waals surface area contributed by atoms with Crippen LogP contribution < -0.4 is 10.2 Å². The second-order valence-electron chi connectivity index (χ2n) is 8.55. The summed E-state index contributed by atoms with van der Waals surface area (Å²) in [6.45, 7) is 3.81. The molecule has 2 amide bonds. The number of carbonyl (C=O) groups excluding carboxylic acids is 3. The van der Waals surface area contributed by atoms with Crippen LogP contribution in [0.15, 0.2) is 103 Å². The van der Waals surface area contributed by atoms with Gasteiger partial charge in [-0.2, -0.15) is 0 Å². The molecule has 6 nitrogen and oxygen atoms in total. The van der Waals surface area contributed by atoms with Crippen molar-refractivity contribution in [3.8, 4) is 0 Å². The predicted octanol–water partition coefficient (Wildman–Crippen LogP) is 4.82. The van der Waals surface area contributed by atoms with Crippen molar-refractivity contribution in [2.45, 2.75) is 6.92 Å². The summed E-state index contributed by atoms with van der Waals surface area (Å²) < 4.78 is 0. The van der Waals surface area contributed by atoms with Gasteiger partial charge >= 0.3 is 0 Å². The maximum absolute atomic E-state index is 13.4. The summed E-state index contributed by atoms with van der Waals surface area (Å²) in [5, 5.41) is 2.83. The highest BCUT2D eigenvalue weighted by molar-refractivity contribution is 6.23. The zero-order valence-electron chi connectivity index (χ0n) is 20.3. The fourth-order valence-corrected chi connectivity index (χ4v) is 4.03. The van der Waals surface area contributed by atoms with E-state index in [1.54, 1.807) is 36.1 Å². The second-order valence-corrected chi connectivity index (χ2v) is 8.55. The van der Waals surface area contributed by atoms with E-state index in [9.17, 15) is 14.4 Å². The van der Waals surface area contributed by atoms with E-state index in [4.69, 9.17) is 0 Å². The molecule has 1 N–H and O–H groups in total. The first-order valence-corrected chi connectivity index (χ1v) is 12.0. The van der Waals surface area contributed by atoms with E-state index in [-0.39, 0.29) is 17.3 Å². The largest absolute Gasteiger partial charge is 0.368 e. The number of hydrogen-bond donors (Lipinski definition) is 1. The van der Waals surface area contributed by atoms with Crippen LogP contribution >= 0.6 is 0 Å². The first kappa shape index (κ1) is 24.7. The lowest BCUT2D eigenvalue weighted by atomic mass is 10.1. The minimum Gasteiger partial charge on any atom is -0.368 e. The van der Waals surface area contributed by atoms with Crippen molar-refractivity contribution in [2.24, 2.45) is 0 Å². The van der Waals surface area contributed by atoms with Gasteiger partial charge in [0.25, 0.3) is 11.8 Å². The van der Waals surface area contributed by atoms with Gasteiger partial charge in [-0.1, -0.05) is 60.7 Å². The first-order chi connectivity index (χ1) is 17.5. The van der Waals surface area contributed by atoms with Gasteiger partial charge in [0.1, 0.15) is 5.57 Å². The standard InChI is InChI=1S/C30H29N3O3/c1-23(34)25-15-17-27(18-16-25)32-19-21-33(22-20-32)30(36)28(14-8-11-24-9-4-2-5-10-24)29(35)31-26-12-6-3-7-13-26/h2-18H,19-22H2,1H3,(H,31,35)/b11-8+,28-14+. The molecule has 6 heteroatoms. The summed E-state index contributed by atoms with van der Waals surface area (Å²) in [6.07, 6.45) is 5.19. The number of ketones is 1.